The number of aryl methyl sites for hydroxylation is 1. The summed E-state index contributed by atoms with van der Waals surface area (Å²) in [5.74, 6) is 1.43. The van der Waals surface area contributed by atoms with Crippen LogP contribution in [0.4, 0.5) is 0 Å². The Morgan fingerprint density at radius 2 is 1.63 bits per heavy atom. The molecule has 0 saturated carbocycles. The second-order valence-electron chi connectivity index (χ2n) is 8.84. The summed E-state index contributed by atoms with van der Waals surface area (Å²) >= 11 is 0. The molecule has 1 aliphatic heterocycles. The Morgan fingerprint density at radius 1 is 0.857 bits per heavy atom. The van der Waals surface area contributed by atoms with E-state index in [1.807, 2.05) is 66.4 Å². The fourth-order valence-corrected chi connectivity index (χ4v) is 4.22. The normalized spacial score (nSPS) is 14.3. The molecule has 0 aliphatic carbocycles. The zero-order valence-corrected chi connectivity index (χ0v) is 20.7. The second kappa shape index (κ2) is 12.2. The van der Waals surface area contributed by atoms with Gasteiger partial charge in [0.1, 0.15) is 6.61 Å². The fraction of sp³-hybridized carbons (Fsp3) is 0.300. The van der Waals surface area contributed by atoms with E-state index in [9.17, 15) is 4.79 Å². The minimum atomic E-state index is 0.0440. The Morgan fingerprint density at radius 3 is 2.37 bits per heavy atom. The van der Waals surface area contributed by atoms with E-state index in [1.165, 1.54) is 11.1 Å². The van der Waals surface area contributed by atoms with Gasteiger partial charge in [-0.05, 0) is 48.7 Å². The van der Waals surface area contributed by atoms with Gasteiger partial charge < -0.3 is 14.4 Å². The first kappa shape index (κ1) is 24.6. The molecule has 1 fully saturated rings. The lowest BCUT2D eigenvalue weighted by atomic mass is 10.1. The Kier molecular flexibility index (Phi) is 8.58. The van der Waals surface area contributed by atoms with Crippen molar-refractivity contribution in [3.8, 4) is 11.5 Å². The van der Waals surface area contributed by atoms with Crippen LogP contribution in [0.25, 0.3) is 6.08 Å². The molecule has 0 aromatic heterocycles. The molecule has 1 amide bonds. The number of piperazine rings is 1. The molecule has 35 heavy (non-hydrogen) atoms. The molecular weight excluding hydrogens is 436 g/mol. The van der Waals surface area contributed by atoms with Crippen LogP contribution >= 0.6 is 0 Å². The highest BCUT2D eigenvalue weighted by Crippen LogP contribution is 2.30. The monoisotopic (exact) mass is 470 g/mol. The summed E-state index contributed by atoms with van der Waals surface area (Å²) in [6.45, 7) is 9.27. The second-order valence-corrected chi connectivity index (χ2v) is 8.84. The predicted octanol–water partition coefficient (Wildman–Crippen LogP) is 5.33. The number of benzene rings is 3. The summed E-state index contributed by atoms with van der Waals surface area (Å²) in [6, 6.07) is 24.5. The minimum absolute atomic E-state index is 0.0440. The highest BCUT2D eigenvalue weighted by molar-refractivity contribution is 5.92. The number of carbonyl (C=O) groups excluding carboxylic acids is 1. The first-order chi connectivity index (χ1) is 17.1. The number of ether oxygens (including phenoxy) is 2. The topological polar surface area (TPSA) is 42.0 Å². The maximum atomic E-state index is 12.8. The highest BCUT2D eigenvalue weighted by Gasteiger charge is 2.19. The van der Waals surface area contributed by atoms with Gasteiger partial charge in [-0.3, -0.25) is 9.69 Å². The van der Waals surface area contributed by atoms with Crippen molar-refractivity contribution >= 4 is 12.0 Å². The van der Waals surface area contributed by atoms with Crippen molar-refractivity contribution in [3.05, 3.63) is 101 Å². The van der Waals surface area contributed by atoms with Crippen molar-refractivity contribution in [2.24, 2.45) is 0 Å². The van der Waals surface area contributed by atoms with Gasteiger partial charge in [0.2, 0.25) is 5.91 Å². The van der Waals surface area contributed by atoms with E-state index < -0.39 is 0 Å². The van der Waals surface area contributed by atoms with Gasteiger partial charge in [-0.2, -0.15) is 0 Å². The molecule has 0 bridgehead atoms. The van der Waals surface area contributed by atoms with E-state index in [1.54, 1.807) is 6.08 Å². The SMILES string of the molecule is CCOc1cc(C=CC(=O)N2CCN(Cc3cccc(C)c3)CC2)ccc1OCc1ccccc1. The summed E-state index contributed by atoms with van der Waals surface area (Å²) in [5, 5.41) is 0. The Hall–Kier alpha value is -3.57. The molecule has 0 unspecified atom stereocenters. The van der Waals surface area contributed by atoms with Crippen LogP contribution in [0, 0.1) is 6.92 Å². The van der Waals surface area contributed by atoms with Crippen molar-refractivity contribution in [2.75, 3.05) is 32.8 Å². The number of rotatable bonds is 9. The quantitative estimate of drug-likeness (QED) is 0.397. The molecule has 3 aromatic rings. The maximum Gasteiger partial charge on any atom is 0.246 e. The maximum absolute atomic E-state index is 12.8. The van der Waals surface area contributed by atoms with Gasteiger partial charge in [0, 0.05) is 38.8 Å². The Balaban J connectivity index is 1.31. The van der Waals surface area contributed by atoms with E-state index in [4.69, 9.17) is 9.47 Å². The van der Waals surface area contributed by atoms with Crippen molar-refractivity contribution in [2.45, 2.75) is 27.0 Å². The summed E-state index contributed by atoms with van der Waals surface area (Å²) in [5.41, 5.74) is 4.62. The van der Waals surface area contributed by atoms with E-state index >= 15 is 0 Å². The smallest absolute Gasteiger partial charge is 0.246 e. The third kappa shape index (κ3) is 7.20. The van der Waals surface area contributed by atoms with Crippen LogP contribution in [0.5, 0.6) is 11.5 Å². The molecule has 4 rings (SSSR count). The standard InChI is InChI=1S/C30H34N2O3/c1-3-34-29-21-25(12-14-28(29)35-23-26-9-5-4-6-10-26)13-15-30(33)32-18-16-31(17-19-32)22-27-11-7-8-24(2)20-27/h4-15,20-21H,3,16-19,22-23H2,1-2H3. The lowest BCUT2D eigenvalue weighted by Crippen LogP contribution is -2.47. The fourth-order valence-electron chi connectivity index (χ4n) is 4.22. The lowest BCUT2D eigenvalue weighted by Gasteiger charge is -2.34. The van der Waals surface area contributed by atoms with E-state index in [0.717, 1.165) is 43.9 Å². The summed E-state index contributed by atoms with van der Waals surface area (Å²) in [4.78, 5) is 17.1. The molecule has 1 saturated heterocycles. The summed E-state index contributed by atoms with van der Waals surface area (Å²) < 4.78 is 11.8. The van der Waals surface area contributed by atoms with Crippen molar-refractivity contribution in [1.29, 1.82) is 0 Å². The molecule has 5 heteroatoms. The number of hydrogen-bond donors (Lipinski definition) is 0. The number of carbonyl (C=O) groups is 1. The molecule has 5 nitrogen and oxygen atoms in total. The van der Waals surface area contributed by atoms with Crippen molar-refractivity contribution in [1.82, 2.24) is 9.80 Å². The Bertz CT molecular complexity index is 1140. The highest BCUT2D eigenvalue weighted by atomic mass is 16.5. The summed E-state index contributed by atoms with van der Waals surface area (Å²) in [7, 11) is 0. The molecule has 0 atom stereocenters. The van der Waals surface area contributed by atoms with Crippen LogP contribution < -0.4 is 9.47 Å². The van der Waals surface area contributed by atoms with Crippen LogP contribution in [0.15, 0.2) is 78.9 Å². The van der Waals surface area contributed by atoms with Gasteiger partial charge in [-0.15, -0.1) is 0 Å². The third-order valence-corrected chi connectivity index (χ3v) is 6.10. The van der Waals surface area contributed by atoms with Crippen LogP contribution in [0.2, 0.25) is 0 Å². The molecule has 0 radical (unpaired) electrons. The van der Waals surface area contributed by atoms with Gasteiger partial charge in [-0.1, -0.05) is 66.2 Å². The zero-order valence-electron chi connectivity index (χ0n) is 20.7. The van der Waals surface area contributed by atoms with Crippen molar-refractivity contribution < 1.29 is 14.3 Å². The van der Waals surface area contributed by atoms with Gasteiger partial charge >= 0.3 is 0 Å². The molecule has 1 aliphatic rings. The summed E-state index contributed by atoms with van der Waals surface area (Å²) in [6.07, 6.45) is 3.51. The van der Waals surface area contributed by atoms with Crippen LogP contribution in [-0.4, -0.2) is 48.5 Å². The molecule has 1 heterocycles. The molecular formula is C30H34N2O3. The number of hydrogen-bond acceptors (Lipinski definition) is 4. The minimum Gasteiger partial charge on any atom is -0.490 e. The third-order valence-electron chi connectivity index (χ3n) is 6.10. The molecule has 182 valence electrons. The Labute approximate surface area is 208 Å². The van der Waals surface area contributed by atoms with Crippen LogP contribution in [0.1, 0.15) is 29.2 Å². The molecule has 3 aromatic carbocycles. The largest absolute Gasteiger partial charge is 0.490 e. The van der Waals surface area contributed by atoms with Crippen LogP contribution in [0.3, 0.4) is 0 Å². The van der Waals surface area contributed by atoms with Crippen LogP contribution in [-0.2, 0) is 17.9 Å². The number of amides is 1. The predicted molar refractivity (Wildman–Crippen MR) is 140 cm³/mol. The van der Waals surface area contributed by atoms with Gasteiger partial charge in [0.05, 0.1) is 6.61 Å². The van der Waals surface area contributed by atoms with Gasteiger partial charge in [0.25, 0.3) is 0 Å². The van der Waals surface area contributed by atoms with E-state index in [0.29, 0.717) is 24.7 Å². The average molecular weight is 471 g/mol. The van der Waals surface area contributed by atoms with E-state index in [2.05, 4.69) is 36.1 Å². The first-order valence-electron chi connectivity index (χ1n) is 12.3. The lowest BCUT2D eigenvalue weighted by molar-refractivity contribution is -0.127. The number of nitrogens with zero attached hydrogens (tertiary/aromatic N) is 2. The first-order valence-corrected chi connectivity index (χ1v) is 12.3. The molecule has 0 N–H and O–H groups in total. The average Bonchev–Trinajstić information content (AvgIpc) is 2.88. The zero-order chi connectivity index (χ0) is 24.5. The molecule has 0 spiro atoms. The van der Waals surface area contributed by atoms with Gasteiger partial charge in [0.15, 0.2) is 11.5 Å². The van der Waals surface area contributed by atoms with Crippen molar-refractivity contribution in [3.63, 3.8) is 0 Å². The van der Waals surface area contributed by atoms with E-state index in [-0.39, 0.29) is 5.91 Å². The van der Waals surface area contributed by atoms with Gasteiger partial charge in [-0.25, -0.2) is 0 Å².